The fourth-order valence-electron chi connectivity index (χ4n) is 2.04. The molecule has 6 nitrogen and oxygen atoms in total. The van der Waals surface area contributed by atoms with Crippen molar-refractivity contribution in [1.82, 2.24) is 9.88 Å². The Kier molecular flexibility index (Phi) is 6.03. The molecule has 2 N–H and O–H groups in total. The number of aromatic nitrogens is 1. The molecule has 126 valence electrons. The summed E-state index contributed by atoms with van der Waals surface area (Å²) in [5.41, 5.74) is 2.45. The largest absolute Gasteiger partial charge is 0.383 e. The standard InChI is InChI=1S/C18H22N4O2/c1-13(23)14-4-6-15(7-5-14)21-18(24)17-9-8-16(12-20-17)19-10-11-22(2)3/h4-9,12,19H,10-11H2,1-3H3,(H,21,24). The number of anilines is 2. The van der Waals surface area contributed by atoms with Gasteiger partial charge in [-0.15, -0.1) is 0 Å². The zero-order valence-corrected chi connectivity index (χ0v) is 14.2. The van der Waals surface area contributed by atoms with Crippen LogP contribution in [0.3, 0.4) is 0 Å². The first kappa shape index (κ1) is 17.6. The fraction of sp³-hybridized carbons (Fsp3) is 0.278. The van der Waals surface area contributed by atoms with Crippen LogP contribution in [0.15, 0.2) is 42.6 Å². The van der Waals surface area contributed by atoms with Gasteiger partial charge < -0.3 is 15.5 Å². The lowest BCUT2D eigenvalue weighted by molar-refractivity contribution is 0.101. The maximum absolute atomic E-state index is 12.2. The van der Waals surface area contributed by atoms with Crippen LogP contribution in [-0.2, 0) is 0 Å². The van der Waals surface area contributed by atoms with Gasteiger partial charge in [-0.25, -0.2) is 4.98 Å². The molecule has 0 aliphatic heterocycles. The summed E-state index contributed by atoms with van der Waals surface area (Å²) in [5, 5.41) is 6.00. The van der Waals surface area contributed by atoms with Crippen LogP contribution in [0.5, 0.6) is 0 Å². The number of hydrogen-bond donors (Lipinski definition) is 2. The number of pyridine rings is 1. The number of ketones is 1. The first-order valence-electron chi connectivity index (χ1n) is 7.72. The molecule has 0 fully saturated rings. The van der Waals surface area contributed by atoms with Gasteiger partial charge in [0.05, 0.1) is 11.9 Å². The van der Waals surface area contributed by atoms with Crippen molar-refractivity contribution in [3.05, 3.63) is 53.9 Å². The number of nitrogens with one attached hydrogen (secondary N) is 2. The van der Waals surface area contributed by atoms with Crippen LogP contribution in [0.2, 0.25) is 0 Å². The van der Waals surface area contributed by atoms with Crippen LogP contribution in [-0.4, -0.2) is 48.8 Å². The molecule has 0 bridgehead atoms. The van der Waals surface area contributed by atoms with Crippen LogP contribution >= 0.6 is 0 Å². The van der Waals surface area contributed by atoms with Crippen molar-refractivity contribution in [2.45, 2.75) is 6.92 Å². The maximum atomic E-state index is 12.2. The number of Topliss-reactive ketones (excluding diaryl/α,β-unsaturated/α-hetero) is 1. The van der Waals surface area contributed by atoms with E-state index < -0.39 is 0 Å². The van der Waals surface area contributed by atoms with Crippen molar-refractivity contribution in [2.24, 2.45) is 0 Å². The van der Waals surface area contributed by atoms with Gasteiger partial charge in [0.25, 0.3) is 5.91 Å². The van der Waals surface area contributed by atoms with Crippen molar-refractivity contribution in [3.63, 3.8) is 0 Å². The summed E-state index contributed by atoms with van der Waals surface area (Å²) in [6, 6.07) is 10.3. The Bertz CT molecular complexity index is 694. The first-order chi connectivity index (χ1) is 11.5. The number of likely N-dealkylation sites (N-methyl/N-ethyl adjacent to an activating group) is 1. The monoisotopic (exact) mass is 326 g/mol. The average Bonchev–Trinajstić information content (AvgIpc) is 2.55. The quantitative estimate of drug-likeness (QED) is 0.765. The van der Waals surface area contributed by atoms with Gasteiger partial charge in [0, 0.05) is 24.3 Å². The topological polar surface area (TPSA) is 74.3 Å². The summed E-state index contributed by atoms with van der Waals surface area (Å²) in [7, 11) is 4.02. The molecular weight excluding hydrogens is 304 g/mol. The van der Waals surface area contributed by atoms with E-state index in [1.807, 2.05) is 20.2 Å². The van der Waals surface area contributed by atoms with E-state index in [1.165, 1.54) is 6.92 Å². The lowest BCUT2D eigenvalue weighted by Crippen LogP contribution is -2.21. The van der Waals surface area contributed by atoms with E-state index in [1.54, 1.807) is 36.5 Å². The van der Waals surface area contributed by atoms with Crippen molar-refractivity contribution >= 4 is 23.1 Å². The number of amides is 1. The van der Waals surface area contributed by atoms with E-state index in [0.717, 1.165) is 18.8 Å². The molecule has 1 amide bonds. The molecule has 0 radical (unpaired) electrons. The van der Waals surface area contributed by atoms with Gasteiger partial charge in [-0.3, -0.25) is 9.59 Å². The molecule has 0 saturated carbocycles. The van der Waals surface area contributed by atoms with Crippen LogP contribution < -0.4 is 10.6 Å². The van der Waals surface area contributed by atoms with Crippen molar-refractivity contribution in [1.29, 1.82) is 0 Å². The first-order valence-corrected chi connectivity index (χ1v) is 7.72. The van der Waals surface area contributed by atoms with Gasteiger partial charge in [0.2, 0.25) is 0 Å². The Morgan fingerprint density at radius 2 is 1.71 bits per heavy atom. The summed E-state index contributed by atoms with van der Waals surface area (Å²) < 4.78 is 0. The molecule has 0 atom stereocenters. The van der Waals surface area contributed by atoms with Crippen molar-refractivity contribution < 1.29 is 9.59 Å². The molecule has 2 aromatic rings. The normalized spacial score (nSPS) is 10.5. The molecule has 1 aromatic heterocycles. The van der Waals surface area contributed by atoms with Gasteiger partial charge in [0.15, 0.2) is 5.78 Å². The van der Waals surface area contributed by atoms with Gasteiger partial charge in [-0.2, -0.15) is 0 Å². The molecule has 6 heteroatoms. The molecule has 0 unspecified atom stereocenters. The number of benzene rings is 1. The summed E-state index contributed by atoms with van der Waals surface area (Å²) >= 11 is 0. The molecule has 0 aliphatic carbocycles. The molecule has 1 heterocycles. The number of nitrogens with zero attached hydrogens (tertiary/aromatic N) is 2. The third-order valence-corrected chi connectivity index (χ3v) is 3.43. The van der Waals surface area contributed by atoms with Gasteiger partial charge >= 0.3 is 0 Å². The Morgan fingerprint density at radius 1 is 1.04 bits per heavy atom. The number of carbonyl (C=O) groups excluding carboxylic acids is 2. The minimum absolute atomic E-state index is 0.00750. The second-order valence-corrected chi connectivity index (χ2v) is 5.75. The zero-order chi connectivity index (χ0) is 17.5. The van der Waals surface area contributed by atoms with E-state index in [-0.39, 0.29) is 11.7 Å². The second kappa shape index (κ2) is 8.21. The van der Waals surface area contributed by atoms with E-state index in [0.29, 0.717) is 16.9 Å². The highest BCUT2D eigenvalue weighted by Gasteiger charge is 2.08. The van der Waals surface area contributed by atoms with Crippen LogP contribution in [0.25, 0.3) is 0 Å². The lowest BCUT2D eigenvalue weighted by Gasteiger charge is -2.11. The van der Waals surface area contributed by atoms with Gasteiger partial charge in [-0.05, 0) is 57.4 Å². The van der Waals surface area contributed by atoms with Crippen molar-refractivity contribution in [2.75, 3.05) is 37.8 Å². The summed E-state index contributed by atoms with van der Waals surface area (Å²) in [6.07, 6.45) is 1.64. The molecule has 1 aromatic carbocycles. The molecule has 0 saturated heterocycles. The van der Waals surface area contributed by atoms with Crippen LogP contribution in [0, 0.1) is 0 Å². The molecule has 0 spiro atoms. The zero-order valence-electron chi connectivity index (χ0n) is 14.2. The Hall–Kier alpha value is -2.73. The third-order valence-electron chi connectivity index (χ3n) is 3.43. The molecule has 24 heavy (non-hydrogen) atoms. The molecule has 2 rings (SSSR count). The minimum Gasteiger partial charge on any atom is -0.383 e. The van der Waals surface area contributed by atoms with Crippen molar-refractivity contribution in [3.8, 4) is 0 Å². The van der Waals surface area contributed by atoms with E-state index >= 15 is 0 Å². The van der Waals surface area contributed by atoms with E-state index in [9.17, 15) is 9.59 Å². The predicted molar refractivity (Wildman–Crippen MR) is 95.7 cm³/mol. The Labute approximate surface area is 141 Å². The molecular formula is C18H22N4O2. The fourth-order valence-corrected chi connectivity index (χ4v) is 2.04. The third kappa shape index (κ3) is 5.17. The summed E-state index contributed by atoms with van der Waals surface area (Å²) in [4.78, 5) is 29.7. The maximum Gasteiger partial charge on any atom is 0.274 e. The predicted octanol–water partition coefficient (Wildman–Crippen LogP) is 2.51. The summed E-state index contributed by atoms with van der Waals surface area (Å²) in [6.45, 7) is 3.23. The van der Waals surface area contributed by atoms with E-state index in [4.69, 9.17) is 0 Å². The van der Waals surface area contributed by atoms with E-state index in [2.05, 4.69) is 20.5 Å². The highest BCUT2D eigenvalue weighted by molar-refractivity contribution is 6.03. The smallest absolute Gasteiger partial charge is 0.274 e. The Morgan fingerprint density at radius 3 is 2.25 bits per heavy atom. The average molecular weight is 326 g/mol. The second-order valence-electron chi connectivity index (χ2n) is 5.75. The highest BCUT2D eigenvalue weighted by atomic mass is 16.2. The van der Waals surface area contributed by atoms with Gasteiger partial charge in [0.1, 0.15) is 5.69 Å². The molecule has 0 aliphatic rings. The number of rotatable bonds is 7. The van der Waals surface area contributed by atoms with Gasteiger partial charge in [-0.1, -0.05) is 0 Å². The number of carbonyl (C=O) groups is 2. The van der Waals surface area contributed by atoms with Crippen LogP contribution in [0.4, 0.5) is 11.4 Å². The minimum atomic E-state index is -0.287. The highest BCUT2D eigenvalue weighted by Crippen LogP contribution is 2.12. The summed E-state index contributed by atoms with van der Waals surface area (Å²) in [5.74, 6) is -0.294. The van der Waals surface area contributed by atoms with Crippen LogP contribution in [0.1, 0.15) is 27.8 Å². The Balaban J connectivity index is 1.93. The number of hydrogen-bond acceptors (Lipinski definition) is 5. The lowest BCUT2D eigenvalue weighted by atomic mass is 10.1. The SMILES string of the molecule is CC(=O)c1ccc(NC(=O)c2ccc(NCCN(C)C)cn2)cc1.